The number of epoxide rings is 1. The molecule has 8 heteroatoms. The summed E-state index contributed by atoms with van der Waals surface area (Å²) in [6.07, 6.45) is 17.4. The van der Waals surface area contributed by atoms with E-state index in [0.29, 0.717) is 36.1 Å². The second kappa shape index (κ2) is 11.9. The van der Waals surface area contributed by atoms with E-state index in [9.17, 15) is 20.4 Å². The monoisotopic (exact) mass is 601 g/mol. The van der Waals surface area contributed by atoms with Gasteiger partial charge in [-0.05, 0) is 132 Å². The van der Waals surface area contributed by atoms with Crippen molar-refractivity contribution in [1.82, 2.24) is 5.32 Å². The van der Waals surface area contributed by atoms with Crippen LogP contribution >= 0.6 is 0 Å². The van der Waals surface area contributed by atoms with E-state index in [1.807, 2.05) is 0 Å². The molecule has 1 saturated heterocycles. The lowest BCUT2D eigenvalue weighted by atomic mass is 9.46. The fraction of sp³-hybridized carbons (Fsp3) is 0.914. The van der Waals surface area contributed by atoms with Crippen molar-refractivity contribution >= 4 is 5.96 Å². The molecule has 5 saturated carbocycles. The zero-order chi connectivity index (χ0) is 30.6. The first-order chi connectivity index (χ1) is 20.4. The molecule has 244 valence electrons. The molecule has 8 nitrogen and oxygen atoms in total. The van der Waals surface area contributed by atoms with Crippen LogP contribution in [0.5, 0.6) is 0 Å². The highest BCUT2D eigenvalue weighted by Crippen LogP contribution is 2.69. The van der Waals surface area contributed by atoms with Crippen molar-refractivity contribution in [3.63, 3.8) is 0 Å². The third kappa shape index (κ3) is 6.05. The van der Waals surface area contributed by atoms with Gasteiger partial charge < -0.3 is 36.2 Å². The molecule has 0 aromatic heterocycles. The zero-order valence-electron chi connectivity index (χ0n) is 26.9. The first-order valence-electron chi connectivity index (χ1n) is 17.5. The number of fused-ring (bicyclic) bond motifs is 3. The van der Waals surface area contributed by atoms with Crippen LogP contribution in [0.4, 0.5) is 0 Å². The van der Waals surface area contributed by atoms with Gasteiger partial charge in [0.15, 0.2) is 5.96 Å². The Balaban J connectivity index is 1.15. The van der Waals surface area contributed by atoms with Crippen molar-refractivity contribution in [2.24, 2.45) is 51.1 Å². The van der Waals surface area contributed by atoms with Crippen molar-refractivity contribution < 1.29 is 25.2 Å². The van der Waals surface area contributed by atoms with E-state index in [1.54, 1.807) is 7.05 Å². The Morgan fingerprint density at radius 3 is 2.67 bits per heavy atom. The Morgan fingerprint density at radius 2 is 1.93 bits per heavy atom. The number of nitrogens with zero attached hydrogens (tertiary/aromatic N) is 1. The number of ether oxygens (including phenoxy) is 1. The number of allylic oxidation sites excluding steroid dienone is 1. The van der Waals surface area contributed by atoms with E-state index in [4.69, 9.17) is 10.5 Å². The fourth-order valence-corrected chi connectivity index (χ4v) is 11.2. The molecule has 6 fully saturated rings. The van der Waals surface area contributed by atoms with Crippen LogP contribution < -0.4 is 11.1 Å². The van der Waals surface area contributed by atoms with Gasteiger partial charge in [-0.1, -0.05) is 18.6 Å². The zero-order valence-corrected chi connectivity index (χ0v) is 26.9. The standard InChI is InChI=1S/C35H59N3O5/c1-32(25-7-6-23(17-25)29(41)38-31(36)37-3)21-27-24(11-16-39)19-34(30-33(2,43-30)13-10-28(27)32)14-8-22(18-34)9-15-35(42)12-4-5-26(40)20-35/h11,22-23,25-30,39-42H,4-10,12-21H2,1-3H3,(H3,36,37,38)/b24-11+/t22-,23-,25+,26-,27+,28+,29-,30+,32+,33+,34-,35-/m0/s1. The fourth-order valence-electron chi connectivity index (χ4n) is 11.2. The predicted octanol–water partition coefficient (Wildman–Crippen LogP) is 4.39. The highest BCUT2D eigenvalue weighted by Gasteiger charge is 2.67. The number of hydrogen-bond donors (Lipinski definition) is 6. The Kier molecular flexibility index (Phi) is 8.77. The van der Waals surface area contributed by atoms with E-state index < -0.39 is 11.8 Å². The van der Waals surface area contributed by atoms with Gasteiger partial charge in [0.2, 0.25) is 0 Å². The number of aliphatic imine (C=N–C) groups is 1. The normalized spacial score (nSPS) is 49.9. The molecule has 0 aromatic carbocycles. The van der Waals surface area contributed by atoms with Crippen molar-refractivity contribution in [3.8, 4) is 0 Å². The van der Waals surface area contributed by atoms with Gasteiger partial charge in [0.05, 0.1) is 30.0 Å². The Morgan fingerprint density at radius 1 is 1.12 bits per heavy atom. The number of nitrogens with two attached hydrogens (primary N) is 1. The Labute approximate surface area is 258 Å². The average molecular weight is 602 g/mol. The first-order valence-corrected chi connectivity index (χ1v) is 17.5. The summed E-state index contributed by atoms with van der Waals surface area (Å²) in [4.78, 5) is 3.96. The number of nitrogens with one attached hydrogen (secondary N) is 1. The van der Waals surface area contributed by atoms with Gasteiger partial charge in [-0.3, -0.25) is 4.99 Å². The lowest BCUT2D eigenvalue weighted by Crippen LogP contribution is -2.51. The largest absolute Gasteiger partial charge is 0.393 e. The number of rotatable bonds is 7. The molecule has 0 bridgehead atoms. The van der Waals surface area contributed by atoms with Crippen LogP contribution in [0.2, 0.25) is 0 Å². The molecule has 6 aliphatic rings. The minimum atomic E-state index is -0.705. The number of aliphatic hydroxyl groups is 4. The van der Waals surface area contributed by atoms with Crippen molar-refractivity contribution in [3.05, 3.63) is 11.6 Å². The minimum Gasteiger partial charge on any atom is -0.393 e. The number of guanidine groups is 1. The van der Waals surface area contributed by atoms with Gasteiger partial charge in [-0.15, -0.1) is 0 Å². The molecule has 1 heterocycles. The highest BCUT2D eigenvalue weighted by atomic mass is 16.6. The van der Waals surface area contributed by atoms with Crippen LogP contribution in [0.25, 0.3) is 0 Å². The lowest BCUT2D eigenvalue weighted by Gasteiger charge is -2.58. The van der Waals surface area contributed by atoms with E-state index in [1.165, 1.54) is 18.4 Å². The molecule has 6 rings (SSSR count). The number of aliphatic hydroxyl groups excluding tert-OH is 3. The predicted molar refractivity (Wildman–Crippen MR) is 168 cm³/mol. The topological polar surface area (TPSA) is 144 Å². The molecule has 0 radical (unpaired) electrons. The molecule has 5 aliphatic carbocycles. The maximum atomic E-state index is 11.2. The molecule has 0 amide bonds. The van der Waals surface area contributed by atoms with Gasteiger partial charge in [0, 0.05) is 24.8 Å². The molecule has 0 unspecified atom stereocenters. The summed E-state index contributed by atoms with van der Waals surface area (Å²) < 4.78 is 6.68. The SMILES string of the molecule is CN=C(N)N[C@@H](O)[C@H]1CC[C@@H]([C@@]2(C)C[C@@H]3/C(=C/CO)C[C@@]4(CC[C@@H](CC[C@@]5(O)CCC[C@H](O)C5)C4)[C@@H]4O[C@]4(C)CC[C@H]32)C1. The molecule has 0 aromatic rings. The van der Waals surface area contributed by atoms with E-state index in [-0.39, 0.29) is 41.2 Å². The molecule has 12 atom stereocenters. The van der Waals surface area contributed by atoms with Crippen molar-refractivity contribution in [2.45, 2.75) is 146 Å². The number of hydrogen-bond acceptors (Lipinski definition) is 6. The third-order valence-electron chi connectivity index (χ3n) is 13.7. The molecule has 1 spiro atoms. The summed E-state index contributed by atoms with van der Waals surface area (Å²) in [7, 11) is 1.63. The average Bonchev–Trinajstić information content (AvgIpc) is 3.29. The van der Waals surface area contributed by atoms with Gasteiger partial charge in [0.25, 0.3) is 0 Å². The Hall–Kier alpha value is -1.19. The van der Waals surface area contributed by atoms with Crippen molar-refractivity contribution in [2.75, 3.05) is 13.7 Å². The van der Waals surface area contributed by atoms with Crippen LogP contribution in [0.3, 0.4) is 0 Å². The van der Waals surface area contributed by atoms with E-state index >= 15 is 0 Å². The van der Waals surface area contributed by atoms with Gasteiger partial charge in [-0.25, -0.2) is 0 Å². The second-order valence-corrected chi connectivity index (χ2v) is 16.4. The molecule has 7 N–H and O–H groups in total. The van der Waals surface area contributed by atoms with Crippen LogP contribution in [-0.4, -0.2) is 69.7 Å². The molecular weight excluding hydrogens is 542 g/mol. The van der Waals surface area contributed by atoms with Gasteiger partial charge in [-0.2, -0.15) is 0 Å². The summed E-state index contributed by atoms with van der Waals surface area (Å²) in [6.45, 7) is 4.94. The van der Waals surface area contributed by atoms with E-state index in [0.717, 1.165) is 83.5 Å². The summed E-state index contributed by atoms with van der Waals surface area (Å²) in [5.74, 6) is 2.72. The van der Waals surface area contributed by atoms with Crippen LogP contribution in [0.1, 0.15) is 117 Å². The van der Waals surface area contributed by atoms with Gasteiger partial charge >= 0.3 is 0 Å². The lowest BCUT2D eigenvalue weighted by molar-refractivity contribution is -0.0716. The molecular formula is C35H59N3O5. The van der Waals surface area contributed by atoms with Crippen LogP contribution in [0, 0.1) is 40.4 Å². The summed E-state index contributed by atoms with van der Waals surface area (Å²) in [5.41, 5.74) is 6.89. The quantitative estimate of drug-likeness (QED) is 0.0835. The third-order valence-corrected chi connectivity index (χ3v) is 13.7. The summed E-state index contributed by atoms with van der Waals surface area (Å²) in [5, 5.41) is 45.3. The van der Waals surface area contributed by atoms with Crippen LogP contribution in [-0.2, 0) is 4.74 Å². The second-order valence-electron chi connectivity index (χ2n) is 16.4. The van der Waals surface area contributed by atoms with Gasteiger partial charge in [0.1, 0.15) is 6.23 Å². The Bertz CT molecular complexity index is 1080. The smallest absolute Gasteiger partial charge is 0.190 e. The maximum Gasteiger partial charge on any atom is 0.190 e. The maximum absolute atomic E-state index is 11.2. The minimum absolute atomic E-state index is 0.0639. The summed E-state index contributed by atoms with van der Waals surface area (Å²) in [6, 6.07) is 0. The van der Waals surface area contributed by atoms with E-state index in [2.05, 4.69) is 30.2 Å². The first kappa shape index (κ1) is 31.8. The van der Waals surface area contributed by atoms with Crippen molar-refractivity contribution in [1.29, 1.82) is 0 Å². The summed E-state index contributed by atoms with van der Waals surface area (Å²) >= 11 is 0. The van der Waals surface area contributed by atoms with Crippen LogP contribution in [0.15, 0.2) is 16.6 Å². The highest BCUT2D eigenvalue weighted by molar-refractivity contribution is 5.77. The molecule has 1 aliphatic heterocycles. The molecule has 43 heavy (non-hydrogen) atoms.